The molecule has 1 fully saturated rings. The Hall–Kier alpha value is -3.43. The molecule has 1 aliphatic carbocycles. The lowest BCUT2D eigenvalue weighted by Crippen LogP contribution is -2.22. The molecule has 36 heavy (non-hydrogen) atoms. The average Bonchev–Trinajstić information content (AvgIpc) is 3.46. The summed E-state index contributed by atoms with van der Waals surface area (Å²) in [7, 11) is -4.01. The molecule has 0 saturated heterocycles. The molecule has 15 heteroatoms. The van der Waals surface area contributed by atoms with Crippen LogP contribution in [0.2, 0.25) is 0 Å². The number of hydrogen-bond donors (Lipinski definition) is 2. The van der Waals surface area contributed by atoms with E-state index in [1.807, 2.05) is 0 Å². The zero-order valence-electron chi connectivity index (χ0n) is 18.7. The Morgan fingerprint density at radius 1 is 1.25 bits per heavy atom. The van der Waals surface area contributed by atoms with Crippen molar-refractivity contribution >= 4 is 21.9 Å². The summed E-state index contributed by atoms with van der Waals surface area (Å²) in [6.07, 6.45) is 2.64. The summed E-state index contributed by atoms with van der Waals surface area (Å²) >= 11 is 0. The Morgan fingerprint density at radius 2 is 2.06 bits per heavy atom. The summed E-state index contributed by atoms with van der Waals surface area (Å²) in [5.41, 5.74) is -0.433. The summed E-state index contributed by atoms with van der Waals surface area (Å²) in [5.74, 6) is -0.190. The molecule has 1 aliphatic rings. The molecule has 1 saturated carbocycles. The second-order valence-corrected chi connectivity index (χ2v) is 9.58. The maximum absolute atomic E-state index is 13.1. The molecule has 192 valence electrons. The number of anilines is 1. The van der Waals surface area contributed by atoms with Crippen molar-refractivity contribution < 1.29 is 30.6 Å². The molecule has 0 spiro atoms. The monoisotopic (exact) mass is 525 g/mol. The highest BCUT2D eigenvalue weighted by molar-refractivity contribution is 7.84. The topological polar surface area (TPSA) is 155 Å². The third kappa shape index (κ3) is 6.61. The van der Waals surface area contributed by atoms with Crippen LogP contribution in [0.15, 0.2) is 43.1 Å². The highest BCUT2D eigenvalue weighted by Crippen LogP contribution is 2.30. The number of alkyl halides is 3. The van der Waals surface area contributed by atoms with Crippen molar-refractivity contribution in [3.63, 3.8) is 0 Å². The second kappa shape index (κ2) is 10.3. The maximum atomic E-state index is 13.1. The van der Waals surface area contributed by atoms with Crippen LogP contribution in [-0.2, 0) is 27.2 Å². The van der Waals surface area contributed by atoms with Gasteiger partial charge in [-0.05, 0) is 48.9 Å². The van der Waals surface area contributed by atoms with Crippen LogP contribution in [0.1, 0.15) is 46.6 Å². The van der Waals surface area contributed by atoms with Gasteiger partial charge >= 0.3 is 16.5 Å². The van der Waals surface area contributed by atoms with Crippen molar-refractivity contribution in [3.05, 3.63) is 65.6 Å². The maximum Gasteiger partial charge on any atom is 0.433 e. The van der Waals surface area contributed by atoms with Gasteiger partial charge < -0.3 is 5.32 Å². The van der Waals surface area contributed by atoms with Gasteiger partial charge in [-0.1, -0.05) is 0 Å². The average molecular weight is 526 g/mol. The first-order chi connectivity index (χ1) is 17.0. The summed E-state index contributed by atoms with van der Waals surface area (Å²) in [6.45, 7) is -0.00865. The van der Waals surface area contributed by atoms with E-state index in [9.17, 15) is 26.4 Å². The van der Waals surface area contributed by atoms with Crippen molar-refractivity contribution in [3.8, 4) is 0 Å². The van der Waals surface area contributed by atoms with Crippen molar-refractivity contribution in [2.75, 3.05) is 11.9 Å². The molecule has 0 amide bonds. The fourth-order valence-corrected chi connectivity index (χ4v) is 4.36. The van der Waals surface area contributed by atoms with Crippen LogP contribution in [0, 0.1) is 5.92 Å². The van der Waals surface area contributed by atoms with Gasteiger partial charge in [0.05, 0.1) is 18.7 Å². The fourth-order valence-electron chi connectivity index (χ4n) is 3.98. The molecule has 0 aromatic carbocycles. The Kier molecular flexibility index (Phi) is 7.33. The lowest BCUT2D eigenvalue weighted by molar-refractivity contribution is -0.141. The summed E-state index contributed by atoms with van der Waals surface area (Å²) in [4.78, 5) is 24.5. The van der Waals surface area contributed by atoms with Crippen LogP contribution >= 0.6 is 0 Å². The molecule has 3 N–H and O–H groups in total. The lowest BCUT2D eigenvalue weighted by atomic mass is 10.1. The summed E-state index contributed by atoms with van der Waals surface area (Å²) in [6, 6.07) is 3.75. The van der Waals surface area contributed by atoms with Crippen molar-refractivity contribution in [1.29, 1.82) is 0 Å². The van der Waals surface area contributed by atoms with E-state index in [0.717, 1.165) is 12.3 Å². The molecule has 3 aromatic rings. The number of hydrogen-bond acceptors (Lipinski definition) is 9. The van der Waals surface area contributed by atoms with Gasteiger partial charge in [-0.25, -0.2) is 15.1 Å². The number of carbonyl (C=O) groups is 1. The van der Waals surface area contributed by atoms with E-state index in [4.69, 9.17) is 5.14 Å². The van der Waals surface area contributed by atoms with Gasteiger partial charge in [-0.3, -0.25) is 18.6 Å². The smallest absolute Gasteiger partial charge is 0.367 e. The molecule has 0 aliphatic heterocycles. The highest BCUT2D eigenvalue weighted by atomic mass is 32.2. The molecule has 0 unspecified atom stereocenters. The van der Waals surface area contributed by atoms with Gasteiger partial charge in [-0.15, -0.1) is 0 Å². The molecule has 0 radical (unpaired) electrons. The van der Waals surface area contributed by atoms with Crippen LogP contribution in [-0.4, -0.2) is 51.6 Å². The highest BCUT2D eigenvalue weighted by Gasteiger charge is 2.32. The standard InChI is InChI=1S/C21H22F3N7O4S/c22-21(23,24)18-8-13(3-5-27-18)10-31-6-4-17(30-31)19(32)16-9-26-12-28-20(16)29-15-2-1-14(7-15)11-35-36(25,33)34/h3-6,8-9,12,14-15H,1-2,7,10-11H2,(H2,25,33,34)(H,26,28,29)/t14-,15+/m1/s1. The largest absolute Gasteiger partial charge is 0.433 e. The number of aromatic nitrogens is 5. The van der Waals surface area contributed by atoms with Gasteiger partial charge in [0.25, 0.3) is 0 Å². The third-order valence-electron chi connectivity index (χ3n) is 5.64. The predicted molar refractivity (Wildman–Crippen MR) is 120 cm³/mol. The first-order valence-electron chi connectivity index (χ1n) is 10.8. The van der Waals surface area contributed by atoms with E-state index in [1.54, 1.807) is 0 Å². The van der Waals surface area contributed by atoms with Crippen LogP contribution in [0.5, 0.6) is 0 Å². The Balaban J connectivity index is 1.43. The summed E-state index contributed by atoms with van der Waals surface area (Å²) < 4.78 is 66.8. The molecular formula is C21H22F3N7O4S. The van der Waals surface area contributed by atoms with E-state index < -0.39 is 28.0 Å². The van der Waals surface area contributed by atoms with E-state index in [-0.39, 0.29) is 36.4 Å². The third-order valence-corrected chi connectivity index (χ3v) is 6.10. The normalized spacial score (nSPS) is 18.3. The Labute approximate surface area is 204 Å². The van der Waals surface area contributed by atoms with E-state index in [1.165, 1.54) is 35.5 Å². The van der Waals surface area contributed by atoms with Gasteiger partial charge in [0.15, 0.2) is 0 Å². The number of ketones is 1. The van der Waals surface area contributed by atoms with Gasteiger partial charge in [0.2, 0.25) is 5.78 Å². The minimum absolute atomic E-state index is 0.0132. The van der Waals surface area contributed by atoms with Gasteiger partial charge in [0, 0.05) is 24.6 Å². The van der Waals surface area contributed by atoms with Crippen LogP contribution < -0.4 is 10.5 Å². The quantitative estimate of drug-likeness (QED) is 0.400. The van der Waals surface area contributed by atoms with Gasteiger partial charge in [0.1, 0.15) is 23.5 Å². The zero-order chi connectivity index (χ0) is 25.9. The molecule has 3 heterocycles. The molecule has 0 bridgehead atoms. The first kappa shape index (κ1) is 25.7. The molecule has 2 atom stereocenters. The van der Waals surface area contributed by atoms with Crippen molar-refractivity contribution in [2.24, 2.45) is 11.1 Å². The second-order valence-electron chi connectivity index (χ2n) is 8.36. The first-order valence-corrected chi connectivity index (χ1v) is 12.3. The number of pyridine rings is 1. The zero-order valence-corrected chi connectivity index (χ0v) is 19.5. The number of carbonyl (C=O) groups excluding carboxylic acids is 1. The Bertz CT molecular complexity index is 1350. The van der Waals surface area contributed by atoms with E-state index >= 15 is 0 Å². The SMILES string of the molecule is NS(=O)(=O)OC[C@@H]1CC[C@H](Nc2ncncc2C(=O)c2ccn(Cc3ccnc(C(F)(F)F)c3)n2)C1. The number of nitrogens with two attached hydrogens (primary N) is 1. The number of halogens is 3. The van der Waals surface area contributed by atoms with Crippen LogP contribution in [0.25, 0.3) is 0 Å². The fraction of sp³-hybridized carbons (Fsp3) is 0.381. The number of rotatable bonds is 9. The predicted octanol–water partition coefficient (Wildman–Crippen LogP) is 2.17. The van der Waals surface area contributed by atoms with Crippen LogP contribution in [0.3, 0.4) is 0 Å². The number of nitrogens with zero attached hydrogens (tertiary/aromatic N) is 5. The molecule has 3 aromatic heterocycles. The molecular weight excluding hydrogens is 503 g/mol. The minimum Gasteiger partial charge on any atom is -0.367 e. The van der Waals surface area contributed by atoms with E-state index in [2.05, 4.69) is 29.6 Å². The Morgan fingerprint density at radius 3 is 2.81 bits per heavy atom. The molecule has 4 rings (SSSR count). The van der Waals surface area contributed by atoms with Gasteiger partial charge in [-0.2, -0.15) is 26.7 Å². The summed E-state index contributed by atoms with van der Waals surface area (Å²) in [5, 5.41) is 12.3. The van der Waals surface area contributed by atoms with Crippen molar-refractivity contribution in [2.45, 2.75) is 38.0 Å². The van der Waals surface area contributed by atoms with E-state index in [0.29, 0.717) is 30.6 Å². The minimum atomic E-state index is -4.56. The number of nitrogens with one attached hydrogen (secondary N) is 1. The van der Waals surface area contributed by atoms with Crippen molar-refractivity contribution in [1.82, 2.24) is 24.7 Å². The lowest BCUT2D eigenvalue weighted by Gasteiger charge is -2.15. The molecule has 11 nitrogen and oxygen atoms in total. The van der Waals surface area contributed by atoms with Crippen LogP contribution in [0.4, 0.5) is 19.0 Å².